The van der Waals surface area contributed by atoms with E-state index in [9.17, 15) is 4.39 Å². The maximum atomic E-state index is 11.8. The van der Waals surface area contributed by atoms with Gasteiger partial charge in [-0.2, -0.15) is 6.07 Å². The molecule has 4 heteroatoms. The molecule has 0 saturated carbocycles. The van der Waals surface area contributed by atoms with Crippen LogP contribution in [0.3, 0.4) is 0 Å². The second kappa shape index (κ2) is 6.31. The van der Waals surface area contributed by atoms with E-state index < -0.39 is 0 Å². The van der Waals surface area contributed by atoms with Gasteiger partial charge in [0, 0.05) is 25.3 Å². The van der Waals surface area contributed by atoms with E-state index in [0.717, 1.165) is 6.20 Å². The summed E-state index contributed by atoms with van der Waals surface area (Å²) in [7, 11) is 0. The maximum absolute atomic E-state index is 11.8. The van der Waals surface area contributed by atoms with Gasteiger partial charge in [0.05, 0.1) is 0 Å². The number of rotatable bonds is 0. The molecule has 46 valence electrons. The zero-order chi connectivity index (χ0) is 5.11. The monoisotopic (exact) mass is 240 g/mol. The first-order valence-electron chi connectivity index (χ1n) is 1.87. The van der Waals surface area contributed by atoms with Crippen molar-refractivity contribution < 1.29 is 23.9 Å². The second-order valence-electron chi connectivity index (χ2n) is 1.11. The van der Waals surface area contributed by atoms with Gasteiger partial charge < -0.3 is 4.98 Å². The third-order valence-electron chi connectivity index (χ3n) is 0.580. The minimum absolute atomic E-state index is 0. The molecule has 1 aromatic heterocycles. The van der Waals surface area contributed by atoms with Gasteiger partial charge in [0.25, 0.3) is 0 Å². The van der Waals surface area contributed by atoms with Crippen molar-refractivity contribution in [2.75, 3.05) is 0 Å². The van der Waals surface area contributed by atoms with Gasteiger partial charge in [0.2, 0.25) is 0 Å². The van der Waals surface area contributed by atoms with Crippen molar-refractivity contribution in [3.63, 3.8) is 0 Å². The largest absolute Gasteiger partial charge is 0.391 e. The van der Waals surface area contributed by atoms with E-state index in [2.05, 4.69) is 11.2 Å². The number of pyridine rings is 1. The summed E-state index contributed by atoms with van der Waals surface area (Å²) in [6.07, 6.45) is 3.55. The van der Waals surface area contributed by atoms with Gasteiger partial charge in [-0.1, -0.05) is 12.4 Å². The summed E-state index contributed by atoms with van der Waals surface area (Å²) in [6, 6.07) is 2.72. The van der Waals surface area contributed by atoms with Crippen molar-refractivity contribution in [1.29, 1.82) is 0 Å². The van der Waals surface area contributed by atoms with Crippen LogP contribution >= 0.6 is 17.0 Å². The van der Waals surface area contributed by atoms with Crippen molar-refractivity contribution >= 4 is 17.0 Å². The molecule has 1 nitrogen and oxygen atoms in total. The maximum Gasteiger partial charge on any atom is 0.0326 e. The van der Waals surface area contributed by atoms with Gasteiger partial charge in [-0.15, -0.1) is 23.0 Å². The van der Waals surface area contributed by atoms with Gasteiger partial charge in [0.1, 0.15) is 0 Å². The number of aromatic nitrogens is 1. The Kier molecular flexibility index (Phi) is 8.35. The molecule has 1 heterocycles. The Bertz CT molecular complexity index is 147. The van der Waals surface area contributed by atoms with E-state index in [1.807, 2.05) is 0 Å². The molecule has 0 saturated heterocycles. The fraction of sp³-hybridized carbons (Fsp3) is 0. The molecule has 0 aliphatic heterocycles. The predicted octanol–water partition coefficient (Wildman–Crippen LogP) is 1.60. The first-order chi connectivity index (χ1) is 3.39. The summed E-state index contributed by atoms with van der Waals surface area (Å²) in [6.45, 7) is 0. The molecule has 1 aromatic rings. The molecule has 0 fully saturated rings. The Balaban J connectivity index is 0. The zero-order valence-corrected chi connectivity index (χ0v) is 9.35. The molecule has 0 spiro atoms. The number of hydrogen-bond acceptors (Lipinski definition) is 1. The summed E-state index contributed by atoms with van der Waals surface area (Å²) in [5.41, 5.74) is 0. The van der Waals surface area contributed by atoms with Gasteiger partial charge in [-0.3, -0.25) is 0 Å². The molecule has 0 radical (unpaired) electrons. The van der Waals surface area contributed by atoms with Gasteiger partial charge in [-0.05, 0) is 0 Å². The number of halogens is 2. The van der Waals surface area contributed by atoms with Gasteiger partial charge in [0.15, 0.2) is 0 Å². The van der Waals surface area contributed by atoms with Crippen LogP contribution in [0.15, 0.2) is 18.3 Å². The van der Waals surface area contributed by atoms with Crippen LogP contribution in [0, 0.1) is 12.0 Å². The SMILES string of the molecule is Br.Fc1cc[c-]nc1.[Zn]. The molecule has 0 aromatic carbocycles. The number of nitrogens with zero attached hydrogens (tertiary/aromatic N) is 1. The first kappa shape index (κ1) is 11.9. The van der Waals surface area contributed by atoms with E-state index in [1.165, 1.54) is 12.1 Å². The molecule has 0 bridgehead atoms. The summed E-state index contributed by atoms with van der Waals surface area (Å²) in [5.74, 6) is -0.321. The van der Waals surface area contributed by atoms with Gasteiger partial charge >= 0.3 is 0 Å². The van der Waals surface area contributed by atoms with Crippen LogP contribution < -0.4 is 0 Å². The molecule has 9 heavy (non-hydrogen) atoms. The molecule has 0 N–H and O–H groups in total. The second-order valence-corrected chi connectivity index (χ2v) is 1.11. The van der Waals surface area contributed by atoms with Crippen molar-refractivity contribution in [1.82, 2.24) is 4.98 Å². The van der Waals surface area contributed by atoms with Crippen LogP contribution in [-0.2, 0) is 19.5 Å². The summed E-state index contributed by atoms with van der Waals surface area (Å²) in [4.78, 5) is 3.38. The third kappa shape index (κ3) is 4.67. The molecule has 0 aliphatic rings. The minimum atomic E-state index is -0.321. The Morgan fingerprint density at radius 1 is 1.56 bits per heavy atom. The Morgan fingerprint density at radius 2 is 2.22 bits per heavy atom. The summed E-state index contributed by atoms with van der Waals surface area (Å²) < 4.78 is 11.8. The predicted molar refractivity (Wildman–Crippen MR) is 33.4 cm³/mol. The number of hydrogen-bond donors (Lipinski definition) is 0. The van der Waals surface area contributed by atoms with E-state index in [0.29, 0.717) is 0 Å². The van der Waals surface area contributed by atoms with E-state index in [1.54, 1.807) is 0 Å². The Labute approximate surface area is 76.2 Å². The standard InChI is InChI=1S/C5H3FN.BrH.Zn/c6-5-2-1-3-7-4-5;;/h1-2,4H;1H;/q-1;;. The average molecular weight is 242 g/mol. The van der Waals surface area contributed by atoms with Crippen molar-refractivity contribution in [2.45, 2.75) is 0 Å². The van der Waals surface area contributed by atoms with Crippen LogP contribution in [0.2, 0.25) is 0 Å². The topological polar surface area (TPSA) is 12.9 Å². The third-order valence-corrected chi connectivity index (χ3v) is 0.580. The van der Waals surface area contributed by atoms with Crippen LogP contribution in [0.25, 0.3) is 0 Å². The van der Waals surface area contributed by atoms with E-state index in [-0.39, 0.29) is 42.3 Å². The zero-order valence-electron chi connectivity index (χ0n) is 4.67. The minimum Gasteiger partial charge on any atom is -0.391 e. The molecule has 1 rings (SSSR count). The summed E-state index contributed by atoms with van der Waals surface area (Å²) >= 11 is 0. The Morgan fingerprint density at radius 3 is 2.44 bits per heavy atom. The molecule has 0 unspecified atom stereocenters. The summed E-state index contributed by atoms with van der Waals surface area (Å²) in [5, 5.41) is 0. The molecular weight excluding hydrogens is 238 g/mol. The van der Waals surface area contributed by atoms with Crippen molar-refractivity contribution in [3.8, 4) is 0 Å². The normalized spacial score (nSPS) is 6.78. The van der Waals surface area contributed by atoms with Crippen LogP contribution in [0.5, 0.6) is 0 Å². The fourth-order valence-electron chi connectivity index (χ4n) is 0.302. The van der Waals surface area contributed by atoms with Gasteiger partial charge in [-0.25, -0.2) is 4.39 Å². The smallest absolute Gasteiger partial charge is 0.0326 e. The van der Waals surface area contributed by atoms with Crippen LogP contribution in [0.1, 0.15) is 0 Å². The fourth-order valence-corrected chi connectivity index (χ4v) is 0.302. The quantitative estimate of drug-likeness (QED) is 0.497. The Hall–Kier alpha value is 0.183. The molecule has 0 aliphatic carbocycles. The van der Waals surface area contributed by atoms with E-state index in [4.69, 9.17) is 0 Å². The molecular formula is C5H4BrFNZn-. The van der Waals surface area contributed by atoms with Crippen molar-refractivity contribution in [3.05, 3.63) is 30.3 Å². The van der Waals surface area contributed by atoms with E-state index >= 15 is 0 Å². The van der Waals surface area contributed by atoms with Crippen LogP contribution in [0.4, 0.5) is 4.39 Å². The first-order valence-corrected chi connectivity index (χ1v) is 1.87. The molecule has 0 amide bonds. The molecule has 0 atom stereocenters. The average Bonchev–Trinajstić information content (AvgIpc) is 1.69. The van der Waals surface area contributed by atoms with Crippen LogP contribution in [-0.4, -0.2) is 4.98 Å². The van der Waals surface area contributed by atoms with Crippen molar-refractivity contribution in [2.24, 2.45) is 0 Å².